The van der Waals surface area contributed by atoms with E-state index in [0.717, 1.165) is 17.7 Å². The molecule has 2 unspecified atom stereocenters. The van der Waals surface area contributed by atoms with Crippen molar-refractivity contribution in [1.29, 1.82) is 0 Å². The molecule has 8 heteroatoms. The second-order valence-corrected chi connectivity index (χ2v) is 6.73. The summed E-state index contributed by atoms with van der Waals surface area (Å²) in [6, 6.07) is 7.13. The van der Waals surface area contributed by atoms with Crippen LogP contribution >= 0.6 is 0 Å². The van der Waals surface area contributed by atoms with Crippen molar-refractivity contribution in [3.05, 3.63) is 59.2 Å². The molecular formula is C22H26F2N2O4. The minimum atomic E-state index is -1.13. The first kappa shape index (κ1) is 23.1. The molecule has 0 heterocycles. The number of rotatable bonds is 9. The maximum absolute atomic E-state index is 14.2. The van der Waals surface area contributed by atoms with Crippen molar-refractivity contribution < 1.29 is 27.8 Å². The molecule has 2 rings (SSSR count). The van der Waals surface area contributed by atoms with Crippen molar-refractivity contribution in [2.45, 2.75) is 39.3 Å². The molecule has 2 aromatic carbocycles. The fraction of sp³-hybridized carbons (Fsp3) is 0.364. The third kappa shape index (κ3) is 5.92. The average Bonchev–Trinajstić information content (AvgIpc) is 2.67. The van der Waals surface area contributed by atoms with E-state index in [1.807, 2.05) is 6.92 Å². The normalized spacial score (nSPS) is 12.6. The van der Waals surface area contributed by atoms with E-state index in [4.69, 9.17) is 9.47 Å². The van der Waals surface area contributed by atoms with Crippen molar-refractivity contribution in [3.8, 4) is 11.5 Å². The van der Waals surface area contributed by atoms with Gasteiger partial charge in [0.2, 0.25) is 11.8 Å². The Morgan fingerprint density at radius 3 is 2.30 bits per heavy atom. The Labute approximate surface area is 174 Å². The van der Waals surface area contributed by atoms with Gasteiger partial charge in [0, 0.05) is 12.5 Å². The summed E-state index contributed by atoms with van der Waals surface area (Å²) in [5.41, 5.74) is 0.412. The largest absolute Gasteiger partial charge is 0.493 e. The monoisotopic (exact) mass is 420 g/mol. The number of carbonyl (C=O) groups is 2. The summed E-state index contributed by atoms with van der Waals surface area (Å²) in [5, 5.41) is 5.23. The van der Waals surface area contributed by atoms with Crippen molar-refractivity contribution >= 4 is 11.8 Å². The fourth-order valence-electron chi connectivity index (χ4n) is 3.11. The minimum Gasteiger partial charge on any atom is -0.493 e. The first-order chi connectivity index (χ1) is 14.3. The van der Waals surface area contributed by atoms with Crippen LogP contribution in [0.2, 0.25) is 0 Å². The van der Waals surface area contributed by atoms with E-state index >= 15 is 0 Å². The molecule has 30 heavy (non-hydrogen) atoms. The Morgan fingerprint density at radius 2 is 1.73 bits per heavy atom. The lowest BCUT2D eigenvalue weighted by atomic mass is 10.0. The van der Waals surface area contributed by atoms with Crippen LogP contribution in [-0.4, -0.2) is 25.5 Å². The highest BCUT2D eigenvalue weighted by atomic mass is 19.1. The Hall–Kier alpha value is -3.16. The Bertz CT molecular complexity index is 884. The number of hydrogen-bond acceptors (Lipinski definition) is 4. The van der Waals surface area contributed by atoms with Crippen LogP contribution in [0.25, 0.3) is 0 Å². The van der Waals surface area contributed by atoms with Gasteiger partial charge >= 0.3 is 0 Å². The molecule has 0 aliphatic rings. The van der Waals surface area contributed by atoms with Gasteiger partial charge in [0.1, 0.15) is 11.6 Å². The van der Waals surface area contributed by atoms with Crippen LogP contribution in [0.4, 0.5) is 8.78 Å². The molecule has 0 saturated carbocycles. The van der Waals surface area contributed by atoms with Gasteiger partial charge in [-0.25, -0.2) is 8.78 Å². The molecule has 2 amide bonds. The molecule has 0 fully saturated rings. The van der Waals surface area contributed by atoms with Gasteiger partial charge in [-0.3, -0.25) is 9.59 Å². The highest BCUT2D eigenvalue weighted by Gasteiger charge is 2.24. The quantitative estimate of drug-likeness (QED) is 0.647. The molecule has 0 bridgehead atoms. The number of halogens is 2. The highest BCUT2D eigenvalue weighted by Crippen LogP contribution is 2.30. The Morgan fingerprint density at radius 1 is 1.07 bits per heavy atom. The van der Waals surface area contributed by atoms with Gasteiger partial charge in [-0.15, -0.1) is 0 Å². The van der Waals surface area contributed by atoms with Crippen molar-refractivity contribution in [3.63, 3.8) is 0 Å². The number of nitrogens with one attached hydrogen (secondary N) is 2. The van der Waals surface area contributed by atoms with Gasteiger partial charge in [-0.2, -0.15) is 0 Å². The third-order valence-electron chi connectivity index (χ3n) is 4.48. The first-order valence-corrected chi connectivity index (χ1v) is 9.57. The minimum absolute atomic E-state index is 0.323. The van der Waals surface area contributed by atoms with Crippen LogP contribution in [0.15, 0.2) is 36.4 Å². The third-order valence-corrected chi connectivity index (χ3v) is 4.48. The summed E-state index contributed by atoms with van der Waals surface area (Å²) in [6.07, 6.45) is -0.323. The lowest BCUT2D eigenvalue weighted by Crippen LogP contribution is -2.34. The van der Waals surface area contributed by atoms with Gasteiger partial charge in [0.05, 0.1) is 32.2 Å². The van der Waals surface area contributed by atoms with E-state index in [-0.39, 0.29) is 12.0 Å². The zero-order valence-corrected chi connectivity index (χ0v) is 17.4. The molecule has 0 aliphatic heterocycles. The number of methoxy groups -OCH3 is 1. The maximum atomic E-state index is 14.2. The van der Waals surface area contributed by atoms with E-state index in [2.05, 4.69) is 10.6 Å². The second-order valence-electron chi connectivity index (χ2n) is 6.73. The van der Waals surface area contributed by atoms with Gasteiger partial charge in [-0.1, -0.05) is 12.1 Å². The van der Waals surface area contributed by atoms with Crippen LogP contribution in [-0.2, 0) is 9.59 Å². The van der Waals surface area contributed by atoms with E-state index < -0.39 is 35.5 Å². The van der Waals surface area contributed by atoms with Crippen LogP contribution in [0.5, 0.6) is 11.5 Å². The molecule has 162 valence electrons. The molecule has 0 aliphatic carbocycles. The second kappa shape index (κ2) is 10.6. The molecule has 2 atom stereocenters. The summed E-state index contributed by atoms with van der Waals surface area (Å²) in [7, 11) is 1.52. The van der Waals surface area contributed by atoms with E-state index in [1.54, 1.807) is 25.1 Å². The SMILES string of the molecule is CCOc1ccc(C(C)NC(=O)CC(NC(C)=O)c2c(F)cccc2F)cc1OC. The predicted molar refractivity (Wildman–Crippen MR) is 108 cm³/mol. The summed E-state index contributed by atoms with van der Waals surface area (Å²) in [4.78, 5) is 24.1. The summed E-state index contributed by atoms with van der Waals surface area (Å²) in [6.45, 7) is 5.34. The molecule has 0 saturated heterocycles. The molecule has 0 radical (unpaired) electrons. The zero-order chi connectivity index (χ0) is 22.3. The van der Waals surface area contributed by atoms with Gasteiger partial charge < -0.3 is 20.1 Å². The lowest BCUT2D eigenvalue weighted by Gasteiger charge is -2.21. The van der Waals surface area contributed by atoms with Crippen molar-refractivity contribution in [2.24, 2.45) is 0 Å². The lowest BCUT2D eigenvalue weighted by molar-refractivity contribution is -0.123. The van der Waals surface area contributed by atoms with Crippen LogP contribution < -0.4 is 20.1 Å². The van der Waals surface area contributed by atoms with Crippen LogP contribution in [0, 0.1) is 11.6 Å². The van der Waals surface area contributed by atoms with Crippen molar-refractivity contribution in [2.75, 3.05) is 13.7 Å². The number of carbonyl (C=O) groups excluding carboxylic acids is 2. The first-order valence-electron chi connectivity index (χ1n) is 9.57. The molecule has 0 spiro atoms. The van der Waals surface area contributed by atoms with Crippen molar-refractivity contribution in [1.82, 2.24) is 10.6 Å². The Balaban J connectivity index is 2.16. The van der Waals surface area contributed by atoms with Crippen LogP contribution in [0.3, 0.4) is 0 Å². The molecule has 2 N–H and O–H groups in total. The summed E-state index contributed by atoms with van der Waals surface area (Å²) < 4.78 is 39.1. The summed E-state index contributed by atoms with van der Waals surface area (Å²) >= 11 is 0. The van der Waals surface area contributed by atoms with Crippen LogP contribution in [0.1, 0.15) is 50.4 Å². The van der Waals surface area contributed by atoms with E-state index in [9.17, 15) is 18.4 Å². The maximum Gasteiger partial charge on any atom is 0.222 e. The van der Waals surface area contributed by atoms with E-state index in [0.29, 0.717) is 18.1 Å². The molecular weight excluding hydrogens is 394 g/mol. The van der Waals surface area contributed by atoms with E-state index in [1.165, 1.54) is 20.1 Å². The predicted octanol–water partition coefficient (Wildman–Crippen LogP) is 3.82. The number of amides is 2. The van der Waals surface area contributed by atoms with Gasteiger partial charge in [0.25, 0.3) is 0 Å². The number of benzene rings is 2. The molecule has 0 aromatic heterocycles. The summed E-state index contributed by atoms with van der Waals surface area (Å²) in [5.74, 6) is -1.52. The molecule has 2 aromatic rings. The highest BCUT2D eigenvalue weighted by molar-refractivity contribution is 5.79. The van der Waals surface area contributed by atoms with Gasteiger partial charge in [-0.05, 0) is 43.7 Å². The fourth-order valence-corrected chi connectivity index (χ4v) is 3.11. The topological polar surface area (TPSA) is 76.7 Å². The number of ether oxygens (including phenoxy) is 2. The molecule has 6 nitrogen and oxygen atoms in total. The average molecular weight is 420 g/mol. The zero-order valence-electron chi connectivity index (χ0n) is 17.4. The van der Waals surface area contributed by atoms with Gasteiger partial charge in [0.15, 0.2) is 11.5 Å². The smallest absolute Gasteiger partial charge is 0.222 e. The Kier molecular flexibility index (Phi) is 8.15. The number of hydrogen-bond donors (Lipinski definition) is 2. The standard InChI is InChI=1S/C22H26F2N2O4/c1-5-30-19-10-9-15(11-20(19)29-4)13(2)25-21(28)12-18(26-14(3)27)22-16(23)7-6-8-17(22)24/h6-11,13,18H,5,12H2,1-4H3,(H,25,28)(H,26,27).